The molecule has 0 aliphatic carbocycles. The molecule has 0 radical (unpaired) electrons. The zero-order chi connectivity index (χ0) is 15.7. The molecule has 0 fully saturated rings. The Labute approximate surface area is 139 Å². The first kappa shape index (κ1) is 15.1. The maximum Gasteiger partial charge on any atom is 0.246 e. The van der Waals surface area contributed by atoms with Gasteiger partial charge in [0.05, 0.1) is 10.6 Å². The fraction of sp³-hybridized carbons (Fsp3) is 0.231. The van der Waals surface area contributed by atoms with E-state index in [0.717, 1.165) is 15.4 Å². The lowest BCUT2D eigenvalue weighted by Crippen LogP contribution is -2.19. The van der Waals surface area contributed by atoms with Gasteiger partial charge >= 0.3 is 0 Å². The topological polar surface area (TPSA) is 75.6 Å². The highest BCUT2D eigenvalue weighted by Crippen LogP contribution is 2.23. The van der Waals surface area contributed by atoms with E-state index in [-0.39, 0.29) is 12.5 Å². The lowest BCUT2D eigenvalue weighted by atomic mass is 10.4. The molecule has 3 aromatic heterocycles. The second-order valence-electron chi connectivity index (χ2n) is 4.62. The maximum atomic E-state index is 12.2. The molecule has 0 aliphatic rings. The monoisotopic (exact) mass is 351 g/mol. The molecular formula is C13H13N5OS3. The Bertz CT molecular complexity index is 839. The summed E-state index contributed by atoms with van der Waals surface area (Å²) in [4.78, 5) is 18.6. The van der Waals surface area contributed by atoms with Crippen molar-refractivity contribution in [2.75, 3.05) is 5.32 Å². The standard InChI is InChI=1S/C13H13N5OS3/c1-7-8(2)22-12(14-7)15-10(19)6-18-11(16-17-13(18)20)9-4-3-5-21-9/h3-5H,6H2,1-2H3,(H,17,20)(H,14,15,19). The molecule has 0 bridgehead atoms. The number of hydrogen-bond acceptors (Lipinski definition) is 6. The van der Waals surface area contributed by atoms with Crippen LogP contribution in [0.3, 0.4) is 0 Å². The first-order chi connectivity index (χ1) is 10.5. The minimum absolute atomic E-state index is 0.0975. The number of carbonyl (C=O) groups excluding carboxylic acids is 1. The van der Waals surface area contributed by atoms with Gasteiger partial charge in [-0.15, -0.1) is 22.7 Å². The molecule has 2 N–H and O–H groups in total. The van der Waals surface area contributed by atoms with Gasteiger partial charge in [-0.05, 0) is 37.5 Å². The normalized spacial score (nSPS) is 10.8. The van der Waals surface area contributed by atoms with Crippen LogP contribution < -0.4 is 5.32 Å². The van der Waals surface area contributed by atoms with Crippen LogP contribution in [0.5, 0.6) is 0 Å². The zero-order valence-electron chi connectivity index (χ0n) is 11.9. The number of aryl methyl sites for hydroxylation is 2. The molecule has 3 heterocycles. The molecule has 1 amide bonds. The molecule has 0 aliphatic heterocycles. The third-order valence-corrected chi connectivity index (χ3v) is 5.24. The van der Waals surface area contributed by atoms with Crippen molar-refractivity contribution in [3.05, 3.63) is 32.9 Å². The fourth-order valence-corrected chi connectivity index (χ4v) is 3.64. The number of amides is 1. The number of rotatable bonds is 4. The Morgan fingerprint density at radius 3 is 2.95 bits per heavy atom. The molecule has 0 atom stereocenters. The minimum Gasteiger partial charge on any atom is -0.300 e. The van der Waals surface area contributed by atoms with Crippen LogP contribution in [0.4, 0.5) is 5.13 Å². The largest absolute Gasteiger partial charge is 0.300 e. The number of thiazole rings is 1. The van der Waals surface area contributed by atoms with Crippen LogP contribution >= 0.6 is 34.9 Å². The first-order valence-corrected chi connectivity index (χ1v) is 8.58. The molecule has 3 aromatic rings. The van der Waals surface area contributed by atoms with Gasteiger partial charge in [-0.25, -0.2) is 4.98 Å². The average Bonchev–Trinajstić information content (AvgIpc) is 3.15. The van der Waals surface area contributed by atoms with E-state index in [9.17, 15) is 4.79 Å². The van der Waals surface area contributed by atoms with Gasteiger partial charge < -0.3 is 5.32 Å². The molecule has 3 rings (SSSR count). The van der Waals surface area contributed by atoms with Crippen LogP contribution in [-0.4, -0.2) is 25.7 Å². The Kier molecular flexibility index (Phi) is 4.19. The number of carbonyl (C=O) groups is 1. The summed E-state index contributed by atoms with van der Waals surface area (Å²) in [5.74, 6) is 0.491. The average molecular weight is 351 g/mol. The molecule has 9 heteroatoms. The van der Waals surface area contributed by atoms with Gasteiger partial charge in [-0.3, -0.25) is 14.5 Å². The second-order valence-corrected chi connectivity index (χ2v) is 7.16. The van der Waals surface area contributed by atoms with Crippen LogP contribution in [-0.2, 0) is 11.3 Å². The van der Waals surface area contributed by atoms with Crippen molar-refractivity contribution in [1.29, 1.82) is 0 Å². The Morgan fingerprint density at radius 1 is 1.50 bits per heavy atom. The summed E-state index contributed by atoms with van der Waals surface area (Å²) in [6, 6.07) is 3.88. The Hall–Kier alpha value is -1.84. The fourth-order valence-electron chi connectivity index (χ4n) is 1.89. The minimum atomic E-state index is -0.177. The van der Waals surface area contributed by atoms with E-state index in [2.05, 4.69) is 20.5 Å². The van der Waals surface area contributed by atoms with Crippen LogP contribution in [0.2, 0.25) is 0 Å². The summed E-state index contributed by atoms with van der Waals surface area (Å²) < 4.78 is 2.11. The molecule has 0 spiro atoms. The van der Waals surface area contributed by atoms with Crippen LogP contribution in [0, 0.1) is 18.6 Å². The SMILES string of the molecule is Cc1nc(NC(=O)Cn2c(-c3cccs3)n[nH]c2=S)sc1C. The second kappa shape index (κ2) is 6.11. The highest BCUT2D eigenvalue weighted by molar-refractivity contribution is 7.71. The van der Waals surface area contributed by atoms with Gasteiger partial charge in [0.15, 0.2) is 15.7 Å². The van der Waals surface area contributed by atoms with Crippen molar-refractivity contribution in [2.24, 2.45) is 0 Å². The number of aromatic nitrogens is 4. The van der Waals surface area contributed by atoms with E-state index in [1.807, 2.05) is 31.4 Å². The molecule has 0 unspecified atom stereocenters. The van der Waals surface area contributed by atoms with Gasteiger partial charge in [0.25, 0.3) is 0 Å². The number of H-pyrrole nitrogens is 1. The van der Waals surface area contributed by atoms with E-state index in [0.29, 0.717) is 15.7 Å². The maximum absolute atomic E-state index is 12.2. The van der Waals surface area contributed by atoms with E-state index < -0.39 is 0 Å². The van der Waals surface area contributed by atoms with E-state index in [1.54, 1.807) is 15.9 Å². The van der Waals surface area contributed by atoms with Crippen LogP contribution in [0.1, 0.15) is 10.6 Å². The molecule has 0 saturated heterocycles. The number of anilines is 1. The Balaban J connectivity index is 1.80. The number of hydrogen-bond donors (Lipinski definition) is 2. The summed E-state index contributed by atoms with van der Waals surface area (Å²) in [5, 5.41) is 12.3. The summed E-state index contributed by atoms with van der Waals surface area (Å²) in [5.41, 5.74) is 0.930. The van der Waals surface area contributed by atoms with E-state index >= 15 is 0 Å². The van der Waals surface area contributed by atoms with Gasteiger partial charge in [0.2, 0.25) is 5.91 Å². The summed E-state index contributed by atoms with van der Waals surface area (Å²) in [7, 11) is 0. The smallest absolute Gasteiger partial charge is 0.246 e. The van der Waals surface area contributed by atoms with Crippen molar-refractivity contribution in [2.45, 2.75) is 20.4 Å². The molecule has 0 aromatic carbocycles. The predicted molar refractivity (Wildman–Crippen MR) is 90.9 cm³/mol. The van der Waals surface area contributed by atoms with Crippen molar-refractivity contribution in [3.63, 3.8) is 0 Å². The summed E-state index contributed by atoms with van der Waals surface area (Å²) in [6.07, 6.45) is 0. The summed E-state index contributed by atoms with van der Waals surface area (Å²) >= 11 is 8.22. The lowest BCUT2D eigenvalue weighted by molar-refractivity contribution is -0.116. The molecule has 114 valence electrons. The van der Waals surface area contributed by atoms with E-state index in [1.165, 1.54) is 11.3 Å². The third-order valence-electron chi connectivity index (χ3n) is 3.08. The van der Waals surface area contributed by atoms with Crippen LogP contribution in [0.25, 0.3) is 10.7 Å². The van der Waals surface area contributed by atoms with Crippen molar-refractivity contribution in [3.8, 4) is 10.7 Å². The highest BCUT2D eigenvalue weighted by Gasteiger charge is 2.14. The van der Waals surface area contributed by atoms with Gasteiger partial charge in [0.1, 0.15) is 6.54 Å². The molecule has 6 nitrogen and oxygen atoms in total. The first-order valence-electron chi connectivity index (χ1n) is 6.47. The van der Waals surface area contributed by atoms with Crippen LogP contribution in [0.15, 0.2) is 17.5 Å². The zero-order valence-corrected chi connectivity index (χ0v) is 14.4. The predicted octanol–water partition coefficient (Wildman–Crippen LogP) is 3.38. The van der Waals surface area contributed by atoms with Gasteiger partial charge in [-0.1, -0.05) is 6.07 Å². The molecule has 0 saturated carbocycles. The quantitative estimate of drug-likeness (QED) is 0.707. The molecule has 22 heavy (non-hydrogen) atoms. The third kappa shape index (κ3) is 3.01. The van der Waals surface area contributed by atoms with Gasteiger partial charge in [0, 0.05) is 4.88 Å². The van der Waals surface area contributed by atoms with Crippen molar-refractivity contribution >= 4 is 45.9 Å². The molecular weight excluding hydrogens is 338 g/mol. The highest BCUT2D eigenvalue weighted by atomic mass is 32.1. The van der Waals surface area contributed by atoms with E-state index in [4.69, 9.17) is 12.2 Å². The lowest BCUT2D eigenvalue weighted by Gasteiger charge is -2.05. The number of nitrogens with zero attached hydrogens (tertiary/aromatic N) is 3. The number of nitrogens with one attached hydrogen (secondary N) is 2. The van der Waals surface area contributed by atoms with Crippen molar-refractivity contribution in [1.82, 2.24) is 19.7 Å². The Morgan fingerprint density at radius 2 is 2.32 bits per heavy atom. The number of aromatic amines is 1. The number of thiophene rings is 1. The van der Waals surface area contributed by atoms with Crippen molar-refractivity contribution < 1.29 is 4.79 Å². The summed E-state index contributed by atoms with van der Waals surface area (Å²) in [6.45, 7) is 3.99. The van der Waals surface area contributed by atoms with Gasteiger partial charge in [-0.2, -0.15) is 5.10 Å².